The second-order valence-corrected chi connectivity index (χ2v) is 7.20. The molecule has 0 radical (unpaired) electrons. The number of carbonyl (C=O) groups excluding carboxylic acids is 1. The van der Waals surface area contributed by atoms with Crippen molar-refractivity contribution in [1.29, 1.82) is 0 Å². The number of likely N-dealkylation sites (tertiary alicyclic amines) is 1. The summed E-state index contributed by atoms with van der Waals surface area (Å²) in [6, 6.07) is 4.34. The Hall–Kier alpha value is -1.23. The van der Waals surface area contributed by atoms with Gasteiger partial charge in [-0.3, -0.25) is 4.79 Å². The average molecular weight is 319 g/mol. The maximum Gasteiger partial charge on any atom is 0.222 e. The zero-order valence-electron chi connectivity index (χ0n) is 13.3. The van der Waals surface area contributed by atoms with E-state index in [0.717, 1.165) is 63.4 Å². The molecule has 0 aliphatic carbocycles. The molecule has 2 fully saturated rings. The molecule has 2 saturated heterocycles. The molecule has 1 aromatic heterocycles. The van der Waals surface area contributed by atoms with E-state index in [-0.39, 0.29) is 0 Å². The van der Waals surface area contributed by atoms with Gasteiger partial charge in [-0.25, -0.2) is 4.98 Å². The molecule has 3 rings (SSSR count). The van der Waals surface area contributed by atoms with E-state index in [2.05, 4.69) is 33.2 Å². The predicted octanol–water partition coefficient (Wildman–Crippen LogP) is 2.78. The van der Waals surface area contributed by atoms with Crippen LogP contribution in [0.1, 0.15) is 31.2 Å². The first kappa shape index (κ1) is 15.7. The number of amides is 1. The van der Waals surface area contributed by atoms with Crippen LogP contribution in [0.3, 0.4) is 0 Å². The van der Waals surface area contributed by atoms with Gasteiger partial charge in [0.25, 0.3) is 0 Å². The van der Waals surface area contributed by atoms with Gasteiger partial charge in [-0.05, 0) is 43.1 Å². The zero-order chi connectivity index (χ0) is 15.4. The van der Waals surface area contributed by atoms with Crippen LogP contribution >= 0.6 is 11.8 Å². The van der Waals surface area contributed by atoms with Crippen LogP contribution < -0.4 is 4.90 Å². The molecule has 22 heavy (non-hydrogen) atoms. The molecule has 0 bridgehead atoms. The number of hydrogen-bond donors (Lipinski definition) is 0. The van der Waals surface area contributed by atoms with Crippen LogP contribution in [0.15, 0.2) is 18.3 Å². The van der Waals surface area contributed by atoms with Gasteiger partial charge >= 0.3 is 0 Å². The highest BCUT2D eigenvalue weighted by molar-refractivity contribution is 7.97. The topological polar surface area (TPSA) is 36.4 Å². The van der Waals surface area contributed by atoms with Gasteiger partial charge in [0.05, 0.1) is 0 Å². The van der Waals surface area contributed by atoms with Crippen LogP contribution in [0.4, 0.5) is 5.82 Å². The fraction of sp³-hybridized carbons (Fsp3) is 0.647. The molecule has 0 unspecified atom stereocenters. The summed E-state index contributed by atoms with van der Waals surface area (Å²) in [5.41, 5.74) is 1.29. The Labute approximate surface area is 137 Å². The van der Waals surface area contributed by atoms with E-state index < -0.39 is 0 Å². The van der Waals surface area contributed by atoms with E-state index in [9.17, 15) is 4.79 Å². The summed E-state index contributed by atoms with van der Waals surface area (Å²) in [4.78, 5) is 20.8. The number of thioether (sulfide) groups is 1. The van der Waals surface area contributed by atoms with Crippen LogP contribution in [0, 0.1) is 5.92 Å². The first-order chi connectivity index (χ1) is 10.8. The van der Waals surface area contributed by atoms with E-state index >= 15 is 0 Å². The minimum Gasteiger partial charge on any atom is -0.357 e. The van der Waals surface area contributed by atoms with E-state index in [1.807, 2.05) is 18.0 Å². The van der Waals surface area contributed by atoms with Crippen molar-refractivity contribution in [2.24, 2.45) is 5.92 Å². The molecule has 1 aromatic rings. The van der Waals surface area contributed by atoms with Crippen molar-refractivity contribution >= 4 is 23.5 Å². The summed E-state index contributed by atoms with van der Waals surface area (Å²) in [6.45, 7) is 4.05. The number of piperidine rings is 1. The number of pyridine rings is 1. The summed E-state index contributed by atoms with van der Waals surface area (Å²) >= 11 is 1.83. The predicted molar refractivity (Wildman–Crippen MR) is 92.2 cm³/mol. The molecule has 4 nitrogen and oxygen atoms in total. The van der Waals surface area contributed by atoms with Gasteiger partial charge in [0, 0.05) is 44.5 Å². The second kappa shape index (κ2) is 7.36. The largest absolute Gasteiger partial charge is 0.357 e. The van der Waals surface area contributed by atoms with Gasteiger partial charge < -0.3 is 9.80 Å². The monoisotopic (exact) mass is 319 g/mol. The maximum atomic E-state index is 11.7. The molecular formula is C17H25N3OS. The van der Waals surface area contributed by atoms with Gasteiger partial charge in [0.15, 0.2) is 0 Å². The highest BCUT2D eigenvalue weighted by Gasteiger charge is 2.26. The van der Waals surface area contributed by atoms with Crippen LogP contribution in [0.2, 0.25) is 0 Å². The third-order valence-corrected chi connectivity index (χ3v) is 5.33. The molecule has 1 amide bonds. The third kappa shape index (κ3) is 3.75. The summed E-state index contributed by atoms with van der Waals surface area (Å²) in [7, 11) is 0. The van der Waals surface area contributed by atoms with Crippen molar-refractivity contribution in [1.82, 2.24) is 9.88 Å². The van der Waals surface area contributed by atoms with Crippen LogP contribution in [-0.4, -0.2) is 48.2 Å². The molecule has 0 spiro atoms. The van der Waals surface area contributed by atoms with Gasteiger partial charge in [0.1, 0.15) is 5.82 Å². The Kier molecular flexibility index (Phi) is 5.24. The SMILES string of the molecule is CSCc1ccc(N2CCC(CN3CCCC3=O)CC2)nc1. The van der Waals surface area contributed by atoms with Gasteiger partial charge in [0.2, 0.25) is 5.91 Å². The molecule has 5 heteroatoms. The Balaban J connectivity index is 1.49. The number of nitrogens with zero attached hydrogens (tertiary/aromatic N) is 3. The van der Waals surface area contributed by atoms with Crippen molar-refractivity contribution in [3.63, 3.8) is 0 Å². The number of carbonyl (C=O) groups is 1. The highest BCUT2D eigenvalue weighted by atomic mass is 32.2. The lowest BCUT2D eigenvalue weighted by Crippen LogP contribution is -2.39. The second-order valence-electron chi connectivity index (χ2n) is 6.33. The zero-order valence-corrected chi connectivity index (χ0v) is 14.1. The Morgan fingerprint density at radius 2 is 2.09 bits per heavy atom. The lowest BCUT2D eigenvalue weighted by Gasteiger charge is -2.34. The fourth-order valence-electron chi connectivity index (χ4n) is 3.41. The average Bonchev–Trinajstić information content (AvgIpc) is 2.94. The van der Waals surface area contributed by atoms with Crippen molar-refractivity contribution < 1.29 is 4.79 Å². The van der Waals surface area contributed by atoms with Crippen LogP contribution in [-0.2, 0) is 10.5 Å². The first-order valence-electron chi connectivity index (χ1n) is 8.23. The summed E-state index contributed by atoms with van der Waals surface area (Å²) in [5, 5.41) is 0. The number of aromatic nitrogens is 1. The summed E-state index contributed by atoms with van der Waals surface area (Å²) in [5.74, 6) is 3.14. The summed E-state index contributed by atoms with van der Waals surface area (Å²) in [6.07, 6.45) is 8.25. The molecule has 120 valence electrons. The quantitative estimate of drug-likeness (QED) is 0.836. The smallest absolute Gasteiger partial charge is 0.222 e. The molecule has 0 N–H and O–H groups in total. The molecule has 0 saturated carbocycles. The van der Waals surface area contributed by atoms with Crippen LogP contribution in [0.5, 0.6) is 0 Å². The van der Waals surface area contributed by atoms with Crippen molar-refractivity contribution in [3.05, 3.63) is 23.9 Å². The normalized spacial score (nSPS) is 20.0. The third-order valence-electron chi connectivity index (χ3n) is 4.71. The highest BCUT2D eigenvalue weighted by Crippen LogP contribution is 2.24. The van der Waals surface area contributed by atoms with E-state index in [1.165, 1.54) is 5.56 Å². The molecule has 0 atom stereocenters. The molecule has 0 aromatic carbocycles. The van der Waals surface area contributed by atoms with E-state index in [1.54, 1.807) is 0 Å². The van der Waals surface area contributed by atoms with Crippen molar-refractivity contribution in [3.8, 4) is 0 Å². The Morgan fingerprint density at radius 1 is 1.27 bits per heavy atom. The maximum absolute atomic E-state index is 11.7. The van der Waals surface area contributed by atoms with Crippen molar-refractivity contribution in [2.45, 2.75) is 31.4 Å². The van der Waals surface area contributed by atoms with Gasteiger partial charge in [-0.15, -0.1) is 0 Å². The van der Waals surface area contributed by atoms with Gasteiger partial charge in [-0.2, -0.15) is 11.8 Å². The van der Waals surface area contributed by atoms with Crippen molar-refractivity contribution in [2.75, 3.05) is 37.3 Å². The minimum absolute atomic E-state index is 0.355. The molecule has 3 heterocycles. The lowest BCUT2D eigenvalue weighted by molar-refractivity contribution is -0.128. The number of rotatable bonds is 5. The molecule has 2 aliphatic heterocycles. The summed E-state index contributed by atoms with van der Waals surface area (Å²) < 4.78 is 0. The molecular weight excluding hydrogens is 294 g/mol. The van der Waals surface area contributed by atoms with E-state index in [0.29, 0.717) is 11.8 Å². The number of anilines is 1. The molecule has 2 aliphatic rings. The minimum atomic E-state index is 0.355. The number of hydrogen-bond acceptors (Lipinski definition) is 4. The van der Waals surface area contributed by atoms with E-state index in [4.69, 9.17) is 0 Å². The van der Waals surface area contributed by atoms with Crippen LogP contribution in [0.25, 0.3) is 0 Å². The lowest BCUT2D eigenvalue weighted by atomic mass is 9.96. The first-order valence-corrected chi connectivity index (χ1v) is 9.62. The standard InChI is InChI=1S/C17H25N3OS/c1-22-13-15-4-5-16(18-11-15)19-9-6-14(7-10-19)12-20-8-2-3-17(20)21/h4-5,11,14H,2-3,6-10,12-13H2,1H3. The fourth-order valence-corrected chi connectivity index (χ4v) is 3.91. The Morgan fingerprint density at radius 3 is 2.68 bits per heavy atom. The Bertz CT molecular complexity index is 497. The van der Waals surface area contributed by atoms with Gasteiger partial charge in [-0.1, -0.05) is 6.07 Å².